The van der Waals surface area contributed by atoms with Gasteiger partial charge in [-0.1, -0.05) is 6.07 Å². The van der Waals surface area contributed by atoms with Crippen LogP contribution in [0.4, 0.5) is 5.69 Å². The standard InChI is InChI=1S/C10H14BrNO/c1-8-3-4-10(9(11)7-8)12-5-2-6-13/h3-4,7,12-13H,2,5-6H2,1H3. The molecule has 0 aromatic heterocycles. The van der Waals surface area contributed by atoms with E-state index < -0.39 is 0 Å². The van der Waals surface area contributed by atoms with Crippen LogP contribution in [0.3, 0.4) is 0 Å². The molecule has 1 aromatic carbocycles. The summed E-state index contributed by atoms with van der Waals surface area (Å²) in [7, 11) is 0. The molecule has 0 unspecified atom stereocenters. The fourth-order valence-electron chi connectivity index (χ4n) is 1.07. The number of anilines is 1. The molecule has 0 radical (unpaired) electrons. The predicted octanol–water partition coefficient (Wildman–Crippen LogP) is 2.55. The first-order valence-corrected chi connectivity index (χ1v) is 5.14. The van der Waals surface area contributed by atoms with E-state index in [4.69, 9.17) is 5.11 Å². The van der Waals surface area contributed by atoms with E-state index in [9.17, 15) is 0 Å². The Labute approximate surface area is 87.1 Å². The first-order valence-electron chi connectivity index (χ1n) is 4.35. The molecule has 13 heavy (non-hydrogen) atoms. The average molecular weight is 244 g/mol. The van der Waals surface area contributed by atoms with E-state index in [-0.39, 0.29) is 6.61 Å². The molecule has 0 heterocycles. The fraction of sp³-hybridized carbons (Fsp3) is 0.400. The van der Waals surface area contributed by atoms with E-state index in [0.29, 0.717) is 0 Å². The SMILES string of the molecule is Cc1ccc(NCCCO)c(Br)c1. The minimum atomic E-state index is 0.233. The van der Waals surface area contributed by atoms with Crippen LogP contribution in [0.15, 0.2) is 22.7 Å². The van der Waals surface area contributed by atoms with Crippen LogP contribution in [0.5, 0.6) is 0 Å². The first kappa shape index (κ1) is 10.5. The zero-order valence-corrected chi connectivity index (χ0v) is 9.26. The van der Waals surface area contributed by atoms with Gasteiger partial charge in [-0.05, 0) is 47.0 Å². The third kappa shape index (κ3) is 3.36. The molecule has 0 bridgehead atoms. The second kappa shape index (κ2) is 5.25. The second-order valence-electron chi connectivity index (χ2n) is 2.99. The van der Waals surface area contributed by atoms with Gasteiger partial charge in [0, 0.05) is 23.3 Å². The van der Waals surface area contributed by atoms with Crippen molar-refractivity contribution in [1.82, 2.24) is 0 Å². The van der Waals surface area contributed by atoms with Crippen LogP contribution in [0.2, 0.25) is 0 Å². The molecule has 2 nitrogen and oxygen atoms in total. The van der Waals surface area contributed by atoms with Gasteiger partial charge < -0.3 is 10.4 Å². The maximum Gasteiger partial charge on any atom is 0.0484 e. The van der Waals surface area contributed by atoms with E-state index in [1.807, 2.05) is 6.07 Å². The van der Waals surface area contributed by atoms with Crippen molar-refractivity contribution in [2.75, 3.05) is 18.5 Å². The highest BCUT2D eigenvalue weighted by molar-refractivity contribution is 9.10. The van der Waals surface area contributed by atoms with Crippen LogP contribution in [-0.2, 0) is 0 Å². The fourth-order valence-corrected chi connectivity index (χ4v) is 1.70. The number of rotatable bonds is 4. The molecular formula is C10H14BrNO. The summed E-state index contributed by atoms with van der Waals surface area (Å²) in [5.74, 6) is 0. The van der Waals surface area contributed by atoms with Crippen LogP contribution in [0, 0.1) is 6.92 Å². The molecule has 0 fully saturated rings. The highest BCUT2D eigenvalue weighted by Crippen LogP contribution is 2.22. The molecule has 0 saturated heterocycles. The van der Waals surface area contributed by atoms with E-state index in [1.165, 1.54) is 5.56 Å². The summed E-state index contributed by atoms with van der Waals surface area (Å²) in [6, 6.07) is 6.17. The van der Waals surface area contributed by atoms with Crippen LogP contribution < -0.4 is 5.32 Å². The van der Waals surface area contributed by atoms with Crippen molar-refractivity contribution in [3.8, 4) is 0 Å². The largest absolute Gasteiger partial charge is 0.396 e. The number of aliphatic hydroxyl groups is 1. The van der Waals surface area contributed by atoms with Crippen molar-refractivity contribution in [3.63, 3.8) is 0 Å². The number of aryl methyl sites for hydroxylation is 1. The van der Waals surface area contributed by atoms with Crippen LogP contribution in [0.1, 0.15) is 12.0 Å². The van der Waals surface area contributed by atoms with Gasteiger partial charge in [-0.2, -0.15) is 0 Å². The normalized spacial score (nSPS) is 10.1. The molecule has 2 N–H and O–H groups in total. The van der Waals surface area contributed by atoms with Crippen LogP contribution in [-0.4, -0.2) is 18.3 Å². The minimum absolute atomic E-state index is 0.233. The lowest BCUT2D eigenvalue weighted by Crippen LogP contribution is -2.03. The summed E-state index contributed by atoms with van der Waals surface area (Å²) < 4.78 is 1.07. The molecule has 0 aliphatic rings. The van der Waals surface area contributed by atoms with Gasteiger partial charge in [0.25, 0.3) is 0 Å². The molecule has 0 aliphatic heterocycles. The summed E-state index contributed by atoms with van der Waals surface area (Å²) >= 11 is 3.47. The van der Waals surface area contributed by atoms with Crippen LogP contribution in [0.25, 0.3) is 0 Å². The Kier molecular flexibility index (Phi) is 4.25. The molecule has 0 atom stereocenters. The highest BCUT2D eigenvalue weighted by atomic mass is 79.9. The van der Waals surface area contributed by atoms with Crippen LogP contribution >= 0.6 is 15.9 Å². The molecule has 0 saturated carbocycles. The van der Waals surface area contributed by atoms with Crippen molar-refractivity contribution < 1.29 is 5.11 Å². The lowest BCUT2D eigenvalue weighted by Gasteiger charge is -2.07. The number of benzene rings is 1. The molecular weight excluding hydrogens is 230 g/mol. The van der Waals surface area contributed by atoms with Gasteiger partial charge in [-0.3, -0.25) is 0 Å². The molecule has 1 aromatic rings. The van der Waals surface area contributed by atoms with Gasteiger partial charge in [0.15, 0.2) is 0 Å². The number of hydrogen-bond donors (Lipinski definition) is 2. The predicted molar refractivity (Wildman–Crippen MR) is 59.1 cm³/mol. The lowest BCUT2D eigenvalue weighted by molar-refractivity contribution is 0.292. The summed E-state index contributed by atoms with van der Waals surface area (Å²) in [4.78, 5) is 0. The topological polar surface area (TPSA) is 32.3 Å². The molecule has 0 spiro atoms. The smallest absolute Gasteiger partial charge is 0.0484 e. The zero-order chi connectivity index (χ0) is 9.68. The zero-order valence-electron chi connectivity index (χ0n) is 7.68. The highest BCUT2D eigenvalue weighted by Gasteiger charge is 1.97. The monoisotopic (exact) mass is 243 g/mol. The summed E-state index contributed by atoms with van der Waals surface area (Å²) in [5, 5.41) is 11.8. The third-order valence-electron chi connectivity index (χ3n) is 1.77. The Morgan fingerprint density at radius 3 is 2.85 bits per heavy atom. The van der Waals surface area contributed by atoms with Gasteiger partial charge in [-0.15, -0.1) is 0 Å². The average Bonchev–Trinajstić information content (AvgIpc) is 2.09. The van der Waals surface area contributed by atoms with E-state index >= 15 is 0 Å². The molecule has 1 rings (SSSR count). The molecule has 0 aliphatic carbocycles. The van der Waals surface area contributed by atoms with Gasteiger partial charge in [0.1, 0.15) is 0 Å². The number of aliphatic hydroxyl groups excluding tert-OH is 1. The van der Waals surface area contributed by atoms with E-state index in [1.54, 1.807) is 0 Å². The van der Waals surface area contributed by atoms with Crippen molar-refractivity contribution in [3.05, 3.63) is 28.2 Å². The Morgan fingerprint density at radius 1 is 1.46 bits per heavy atom. The molecule has 0 amide bonds. The van der Waals surface area contributed by atoms with Crippen molar-refractivity contribution in [2.24, 2.45) is 0 Å². The van der Waals surface area contributed by atoms with Crippen molar-refractivity contribution in [2.45, 2.75) is 13.3 Å². The Morgan fingerprint density at radius 2 is 2.23 bits per heavy atom. The maximum atomic E-state index is 8.61. The maximum absolute atomic E-state index is 8.61. The molecule has 72 valence electrons. The third-order valence-corrected chi connectivity index (χ3v) is 2.43. The number of hydrogen-bond acceptors (Lipinski definition) is 2. The summed E-state index contributed by atoms with van der Waals surface area (Å²) in [6.07, 6.45) is 0.778. The van der Waals surface area contributed by atoms with Gasteiger partial charge in [-0.25, -0.2) is 0 Å². The minimum Gasteiger partial charge on any atom is -0.396 e. The number of nitrogens with one attached hydrogen (secondary N) is 1. The second-order valence-corrected chi connectivity index (χ2v) is 3.84. The molecule has 3 heteroatoms. The van der Waals surface area contributed by atoms with Gasteiger partial charge >= 0.3 is 0 Å². The Hall–Kier alpha value is -0.540. The van der Waals surface area contributed by atoms with E-state index in [2.05, 4.69) is 40.3 Å². The Bertz CT molecular complexity index is 276. The summed E-state index contributed by atoms with van der Waals surface area (Å²) in [5.41, 5.74) is 2.32. The first-order chi connectivity index (χ1) is 6.24. The summed E-state index contributed by atoms with van der Waals surface area (Å²) in [6.45, 7) is 3.09. The van der Waals surface area contributed by atoms with E-state index in [0.717, 1.165) is 23.1 Å². The van der Waals surface area contributed by atoms with Gasteiger partial charge in [0.2, 0.25) is 0 Å². The Balaban J connectivity index is 2.56. The number of halogens is 1. The van der Waals surface area contributed by atoms with Gasteiger partial charge in [0.05, 0.1) is 0 Å². The quantitative estimate of drug-likeness (QED) is 0.798. The lowest BCUT2D eigenvalue weighted by atomic mass is 10.2. The van der Waals surface area contributed by atoms with Crippen molar-refractivity contribution >= 4 is 21.6 Å². The van der Waals surface area contributed by atoms with Crippen molar-refractivity contribution in [1.29, 1.82) is 0 Å².